The van der Waals surface area contributed by atoms with Gasteiger partial charge in [0.05, 0.1) is 13.7 Å². The number of halogens is 3. The van der Waals surface area contributed by atoms with Gasteiger partial charge in [-0.2, -0.15) is 0 Å². The normalized spacial score (nSPS) is 11.8. The Balaban J connectivity index is 2.08. The second kappa shape index (κ2) is 9.22. The van der Waals surface area contributed by atoms with Crippen LogP contribution in [0.3, 0.4) is 0 Å². The van der Waals surface area contributed by atoms with Crippen LogP contribution < -0.4 is 20.1 Å². The maximum Gasteiger partial charge on any atom is 0.573 e. The highest BCUT2D eigenvalue weighted by Gasteiger charge is 2.31. The molecule has 2 aromatic carbocycles. The molecule has 0 bridgehead atoms. The number of nitrogens with one attached hydrogen (secondary N) is 2. The number of anilines is 2. The number of alkyl halides is 3. The zero-order valence-corrected chi connectivity index (χ0v) is 17.1. The Morgan fingerprint density at radius 2 is 1.80 bits per heavy atom. The van der Waals surface area contributed by atoms with E-state index in [0.29, 0.717) is 0 Å². The first-order valence-electron chi connectivity index (χ1n) is 8.42. The standard InChI is InChI=1S/C18H20F3N3O5S/c1-24(2)30(26,27)16-10-13(7-8-15(16)28-3)23-17(25)11-22-12-5-4-6-14(9-12)29-18(19,20)21/h4-10,22H,11H2,1-3H3,(H,23,25). The molecule has 0 saturated carbocycles. The molecule has 2 aromatic rings. The minimum Gasteiger partial charge on any atom is -0.495 e. The fraction of sp³-hybridized carbons (Fsp3) is 0.278. The summed E-state index contributed by atoms with van der Waals surface area (Å²) < 4.78 is 71.6. The lowest BCUT2D eigenvalue weighted by Gasteiger charge is -2.16. The molecule has 0 heterocycles. The molecule has 12 heteroatoms. The highest BCUT2D eigenvalue weighted by Crippen LogP contribution is 2.29. The van der Waals surface area contributed by atoms with E-state index in [0.717, 1.165) is 16.4 Å². The summed E-state index contributed by atoms with van der Waals surface area (Å²) in [5, 5.41) is 5.18. The molecule has 2 N–H and O–H groups in total. The number of hydrogen-bond donors (Lipinski definition) is 2. The van der Waals surface area contributed by atoms with Gasteiger partial charge >= 0.3 is 6.36 Å². The number of ether oxygens (including phenoxy) is 2. The molecule has 2 rings (SSSR count). The molecule has 1 amide bonds. The van der Waals surface area contributed by atoms with Crippen LogP contribution in [0, 0.1) is 0 Å². The van der Waals surface area contributed by atoms with E-state index in [1.165, 1.54) is 51.5 Å². The Kier molecular flexibility index (Phi) is 7.16. The molecular formula is C18H20F3N3O5S. The van der Waals surface area contributed by atoms with Gasteiger partial charge in [-0.05, 0) is 30.3 Å². The minimum atomic E-state index is -4.82. The van der Waals surface area contributed by atoms with Crippen molar-refractivity contribution in [3.05, 3.63) is 42.5 Å². The number of sulfonamides is 1. The van der Waals surface area contributed by atoms with Gasteiger partial charge in [0.1, 0.15) is 16.4 Å². The molecule has 0 aliphatic rings. The maximum absolute atomic E-state index is 12.4. The molecule has 0 aliphatic heterocycles. The van der Waals surface area contributed by atoms with E-state index in [2.05, 4.69) is 15.4 Å². The highest BCUT2D eigenvalue weighted by atomic mass is 32.2. The van der Waals surface area contributed by atoms with Gasteiger partial charge in [-0.25, -0.2) is 12.7 Å². The molecule has 0 fully saturated rings. The summed E-state index contributed by atoms with van der Waals surface area (Å²) in [5.74, 6) is -0.863. The van der Waals surface area contributed by atoms with E-state index in [1.54, 1.807) is 0 Å². The maximum atomic E-state index is 12.4. The number of methoxy groups -OCH3 is 1. The van der Waals surface area contributed by atoms with Crippen molar-refractivity contribution in [3.8, 4) is 11.5 Å². The van der Waals surface area contributed by atoms with Gasteiger partial charge in [0.25, 0.3) is 0 Å². The Labute approximate surface area is 171 Å². The molecule has 30 heavy (non-hydrogen) atoms. The summed E-state index contributed by atoms with van der Waals surface area (Å²) in [6.45, 7) is -0.280. The van der Waals surface area contributed by atoms with Gasteiger partial charge in [0, 0.05) is 31.5 Å². The Bertz CT molecular complexity index is 1010. The first-order valence-corrected chi connectivity index (χ1v) is 9.86. The second-order valence-corrected chi connectivity index (χ2v) is 8.25. The number of benzene rings is 2. The van der Waals surface area contributed by atoms with Crippen molar-refractivity contribution in [2.75, 3.05) is 38.4 Å². The van der Waals surface area contributed by atoms with E-state index in [4.69, 9.17) is 4.74 Å². The molecule has 0 spiro atoms. The van der Waals surface area contributed by atoms with Gasteiger partial charge in [-0.3, -0.25) is 4.79 Å². The van der Waals surface area contributed by atoms with Crippen LogP contribution in [0.4, 0.5) is 24.5 Å². The third-order valence-electron chi connectivity index (χ3n) is 3.73. The van der Waals surface area contributed by atoms with E-state index in [1.807, 2.05) is 0 Å². The summed E-state index contributed by atoms with van der Waals surface area (Å²) in [7, 11) is 0.228. The summed E-state index contributed by atoms with van der Waals surface area (Å²) in [4.78, 5) is 12.0. The molecular weight excluding hydrogens is 427 g/mol. The number of nitrogens with zero attached hydrogens (tertiary/aromatic N) is 1. The molecule has 0 aromatic heterocycles. The highest BCUT2D eigenvalue weighted by molar-refractivity contribution is 7.89. The number of carbonyl (C=O) groups is 1. The summed E-state index contributed by atoms with van der Waals surface area (Å²) >= 11 is 0. The van der Waals surface area contributed by atoms with Gasteiger partial charge in [0.2, 0.25) is 15.9 Å². The summed E-state index contributed by atoms with van der Waals surface area (Å²) in [5.41, 5.74) is 0.440. The molecule has 0 atom stereocenters. The van der Waals surface area contributed by atoms with Crippen LogP contribution in [0.25, 0.3) is 0 Å². The quantitative estimate of drug-likeness (QED) is 0.646. The summed E-state index contributed by atoms with van der Waals surface area (Å²) in [6.07, 6.45) is -4.82. The van der Waals surface area contributed by atoms with Crippen LogP contribution >= 0.6 is 0 Å². The van der Waals surface area contributed by atoms with E-state index < -0.39 is 28.0 Å². The Morgan fingerprint density at radius 1 is 1.10 bits per heavy atom. The van der Waals surface area contributed by atoms with Crippen LogP contribution in [0.2, 0.25) is 0 Å². The number of rotatable bonds is 8. The largest absolute Gasteiger partial charge is 0.573 e. The van der Waals surface area contributed by atoms with Crippen LogP contribution in [0.15, 0.2) is 47.4 Å². The molecule has 0 unspecified atom stereocenters. The smallest absolute Gasteiger partial charge is 0.495 e. The molecule has 0 aliphatic carbocycles. The lowest BCUT2D eigenvalue weighted by atomic mass is 10.3. The van der Waals surface area contributed by atoms with Gasteiger partial charge < -0.3 is 20.1 Å². The van der Waals surface area contributed by atoms with E-state index in [9.17, 15) is 26.4 Å². The molecule has 0 radical (unpaired) electrons. The predicted octanol–water partition coefficient (Wildman–Crippen LogP) is 2.89. The second-order valence-electron chi connectivity index (χ2n) is 6.13. The van der Waals surface area contributed by atoms with Gasteiger partial charge in [-0.1, -0.05) is 6.07 Å². The van der Waals surface area contributed by atoms with Crippen LogP contribution in [0.5, 0.6) is 11.5 Å². The van der Waals surface area contributed by atoms with Crippen molar-refractivity contribution in [2.24, 2.45) is 0 Å². The monoisotopic (exact) mass is 447 g/mol. The third-order valence-corrected chi connectivity index (χ3v) is 5.56. The minimum absolute atomic E-state index is 0.112. The van der Waals surface area contributed by atoms with Crippen molar-refractivity contribution >= 4 is 27.3 Å². The Hall–Kier alpha value is -2.99. The SMILES string of the molecule is COc1ccc(NC(=O)CNc2cccc(OC(F)(F)F)c2)cc1S(=O)(=O)N(C)C. The third kappa shape index (κ3) is 6.26. The Morgan fingerprint density at radius 3 is 2.40 bits per heavy atom. The van der Waals surface area contributed by atoms with E-state index >= 15 is 0 Å². The van der Waals surface area contributed by atoms with Crippen molar-refractivity contribution in [1.29, 1.82) is 0 Å². The van der Waals surface area contributed by atoms with E-state index in [-0.39, 0.29) is 28.6 Å². The zero-order valence-electron chi connectivity index (χ0n) is 16.3. The fourth-order valence-corrected chi connectivity index (χ4v) is 3.42. The predicted molar refractivity (Wildman–Crippen MR) is 104 cm³/mol. The number of hydrogen-bond acceptors (Lipinski definition) is 6. The van der Waals surface area contributed by atoms with Crippen LogP contribution in [0.1, 0.15) is 0 Å². The first-order chi connectivity index (χ1) is 13.9. The van der Waals surface area contributed by atoms with Crippen LogP contribution in [-0.2, 0) is 14.8 Å². The summed E-state index contributed by atoms with van der Waals surface area (Å²) in [6, 6.07) is 9.14. The van der Waals surface area contributed by atoms with Gasteiger partial charge in [-0.15, -0.1) is 13.2 Å². The van der Waals surface area contributed by atoms with Crippen molar-refractivity contribution < 1.29 is 35.9 Å². The first kappa shape index (κ1) is 23.3. The molecule has 164 valence electrons. The number of amides is 1. The topological polar surface area (TPSA) is 97.0 Å². The van der Waals surface area contributed by atoms with Crippen molar-refractivity contribution in [2.45, 2.75) is 11.3 Å². The number of carbonyl (C=O) groups excluding carboxylic acids is 1. The average molecular weight is 447 g/mol. The molecule has 0 saturated heterocycles. The lowest BCUT2D eigenvalue weighted by Crippen LogP contribution is -2.24. The molecule has 8 nitrogen and oxygen atoms in total. The lowest BCUT2D eigenvalue weighted by molar-refractivity contribution is -0.274. The van der Waals surface area contributed by atoms with Crippen molar-refractivity contribution in [1.82, 2.24) is 4.31 Å². The van der Waals surface area contributed by atoms with Crippen LogP contribution in [-0.4, -0.2) is 52.7 Å². The van der Waals surface area contributed by atoms with Gasteiger partial charge in [0.15, 0.2) is 0 Å². The average Bonchev–Trinajstić information content (AvgIpc) is 2.65. The fourth-order valence-electron chi connectivity index (χ4n) is 2.34. The zero-order chi connectivity index (χ0) is 22.5. The van der Waals surface area contributed by atoms with Crippen molar-refractivity contribution in [3.63, 3.8) is 0 Å².